The summed E-state index contributed by atoms with van der Waals surface area (Å²) in [5.41, 5.74) is 0.851. The molecule has 4 aromatic rings. The number of rotatable bonds is 8. The first kappa shape index (κ1) is 24.1. The summed E-state index contributed by atoms with van der Waals surface area (Å²) >= 11 is 5.94. The second-order valence-corrected chi connectivity index (χ2v) is 8.08. The first-order chi connectivity index (χ1) is 16.9. The number of hydrogen-bond acceptors (Lipinski definition) is 7. The number of carbonyl (C=O) groups is 1. The Bertz CT molecular complexity index is 1470. The molecule has 2 aromatic carbocycles. The van der Waals surface area contributed by atoms with Crippen molar-refractivity contribution in [2.24, 2.45) is 0 Å². The summed E-state index contributed by atoms with van der Waals surface area (Å²) < 4.78 is 7.37. The van der Waals surface area contributed by atoms with Crippen LogP contribution in [0.5, 0.6) is 0 Å². The first-order valence-corrected chi connectivity index (χ1v) is 11.5. The Labute approximate surface area is 205 Å². The van der Waals surface area contributed by atoms with Gasteiger partial charge in [0.15, 0.2) is 5.69 Å². The monoisotopic (exact) mass is 494 g/mol. The number of hydrogen-bond donors (Lipinski definition) is 1. The molecule has 0 aliphatic rings. The number of nitrogens with one attached hydrogen (secondary N) is 1. The highest BCUT2D eigenvalue weighted by Gasteiger charge is 2.20. The number of anilines is 1. The zero-order chi connectivity index (χ0) is 24.9. The van der Waals surface area contributed by atoms with E-state index >= 15 is 0 Å². The lowest BCUT2D eigenvalue weighted by Crippen LogP contribution is -2.41. The Morgan fingerprint density at radius 3 is 2.54 bits per heavy atom. The zero-order valence-electron chi connectivity index (χ0n) is 19.2. The fraction of sp³-hybridized carbons (Fsp3) is 0.250. The van der Waals surface area contributed by atoms with Crippen molar-refractivity contribution >= 4 is 23.2 Å². The van der Waals surface area contributed by atoms with Gasteiger partial charge in [0.25, 0.3) is 5.56 Å². The molecule has 0 aliphatic carbocycles. The molecule has 0 unspecified atom stereocenters. The lowest BCUT2D eigenvalue weighted by atomic mass is 10.1. The minimum Gasteiger partial charge on any atom is -0.339 e. The highest BCUT2D eigenvalue weighted by molar-refractivity contribution is 6.30. The van der Waals surface area contributed by atoms with Crippen LogP contribution in [0, 0.1) is 0 Å². The highest BCUT2D eigenvalue weighted by Crippen LogP contribution is 2.17. The Kier molecular flexibility index (Phi) is 7.21. The van der Waals surface area contributed by atoms with Gasteiger partial charge in [-0.3, -0.25) is 14.2 Å². The van der Waals surface area contributed by atoms with Gasteiger partial charge >= 0.3 is 5.69 Å². The van der Waals surface area contributed by atoms with E-state index in [4.69, 9.17) is 16.1 Å². The zero-order valence-corrected chi connectivity index (χ0v) is 20.0. The van der Waals surface area contributed by atoms with E-state index < -0.39 is 11.2 Å². The molecule has 0 spiro atoms. The summed E-state index contributed by atoms with van der Waals surface area (Å²) in [6, 6.07) is 14.0. The third kappa shape index (κ3) is 5.22. The summed E-state index contributed by atoms with van der Waals surface area (Å²) in [6.45, 7) is 3.82. The molecule has 4 rings (SSSR count). The van der Waals surface area contributed by atoms with Crippen LogP contribution in [0.1, 0.15) is 31.7 Å². The van der Waals surface area contributed by atoms with Crippen molar-refractivity contribution in [2.75, 3.05) is 5.32 Å². The van der Waals surface area contributed by atoms with Crippen LogP contribution < -0.4 is 16.6 Å². The number of benzene rings is 2. The molecule has 1 N–H and O–H groups in total. The molecule has 2 aromatic heterocycles. The van der Waals surface area contributed by atoms with Crippen molar-refractivity contribution in [3.63, 3.8) is 0 Å². The second-order valence-electron chi connectivity index (χ2n) is 7.64. The van der Waals surface area contributed by atoms with Gasteiger partial charge in [0.2, 0.25) is 17.6 Å². The number of para-hydroxylation sites is 1. The minimum atomic E-state index is -0.635. The van der Waals surface area contributed by atoms with Crippen molar-refractivity contribution in [3.8, 4) is 17.2 Å². The van der Waals surface area contributed by atoms with Crippen LogP contribution in [0.25, 0.3) is 17.2 Å². The minimum absolute atomic E-state index is 0.0633. The van der Waals surface area contributed by atoms with Crippen LogP contribution in [0.4, 0.5) is 5.69 Å². The molecule has 0 saturated heterocycles. The lowest BCUT2D eigenvalue weighted by molar-refractivity contribution is -0.116. The van der Waals surface area contributed by atoms with Gasteiger partial charge in [-0.15, -0.1) is 0 Å². The van der Waals surface area contributed by atoms with Crippen LogP contribution in [0.3, 0.4) is 0 Å². The van der Waals surface area contributed by atoms with Crippen LogP contribution in [-0.2, 0) is 24.2 Å². The summed E-state index contributed by atoms with van der Waals surface area (Å²) in [5.74, 6) is -0.0903. The van der Waals surface area contributed by atoms with Crippen molar-refractivity contribution in [3.05, 3.63) is 85.8 Å². The number of nitrogens with zero attached hydrogens (tertiary/aromatic N) is 5. The number of carbonyl (C=O) groups excluding carboxylic acids is 1. The molecular formula is C24H23ClN6O4. The summed E-state index contributed by atoms with van der Waals surface area (Å²) in [7, 11) is 0. The molecule has 1 amide bonds. The van der Waals surface area contributed by atoms with Crippen LogP contribution in [0.15, 0.2) is 62.6 Å². The number of aromatic nitrogens is 5. The van der Waals surface area contributed by atoms with Crippen molar-refractivity contribution in [1.82, 2.24) is 24.5 Å². The second kappa shape index (κ2) is 10.5. The van der Waals surface area contributed by atoms with Gasteiger partial charge in [0.05, 0.1) is 5.69 Å². The smallest absolute Gasteiger partial charge is 0.339 e. The number of aryl methyl sites for hydroxylation is 2. The van der Waals surface area contributed by atoms with Gasteiger partial charge in [0, 0.05) is 30.1 Å². The van der Waals surface area contributed by atoms with E-state index in [-0.39, 0.29) is 42.7 Å². The summed E-state index contributed by atoms with van der Waals surface area (Å²) in [6.07, 6.45) is 1.08. The molecule has 0 aliphatic heterocycles. The molecule has 2 heterocycles. The molecule has 0 fully saturated rings. The Morgan fingerprint density at radius 1 is 1.09 bits per heavy atom. The van der Waals surface area contributed by atoms with Crippen LogP contribution in [-0.4, -0.2) is 30.4 Å². The summed E-state index contributed by atoms with van der Waals surface area (Å²) in [5, 5.41) is 11.4. The molecule has 11 heteroatoms. The van der Waals surface area contributed by atoms with E-state index in [1.165, 1.54) is 0 Å². The van der Waals surface area contributed by atoms with Gasteiger partial charge in [-0.05, 0) is 49.2 Å². The SMILES string of the molecule is CCc1ccccc1NC(=O)CCc1nc(-c2nn(-c3ccc(Cl)cc3)c(=O)n(CC)c2=O)no1. The predicted molar refractivity (Wildman–Crippen MR) is 131 cm³/mol. The highest BCUT2D eigenvalue weighted by atomic mass is 35.5. The van der Waals surface area contributed by atoms with Crippen molar-refractivity contribution in [2.45, 2.75) is 39.7 Å². The maximum Gasteiger partial charge on any atom is 0.352 e. The average Bonchev–Trinajstić information content (AvgIpc) is 3.33. The number of halogens is 1. The van der Waals surface area contributed by atoms with Crippen molar-refractivity contribution in [1.29, 1.82) is 0 Å². The Balaban J connectivity index is 1.56. The Hall–Kier alpha value is -4.05. The van der Waals surface area contributed by atoms with E-state index in [0.717, 1.165) is 26.9 Å². The summed E-state index contributed by atoms with van der Waals surface area (Å²) in [4.78, 5) is 42.3. The molecule has 180 valence electrons. The third-order valence-corrected chi connectivity index (χ3v) is 5.62. The topological polar surface area (TPSA) is 125 Å². The molecule has 0 saturated carbocycles. The normalized spacial score (nSPS) is 10.9. The van der Waals surface area contributed by atoms with E-state index in [2.05, 4.69) is 20.6 Å². The van der Waals surface area contributed by atoms with Crippen LogP contribution in [0.2, 0.25) is 5.02 Å². The molecule has 10 nitrogen and oxygen atoms in total. The average molecular weight is 495 g/mol. The molecule has 0 bridgehead atoms. The molecule has 0 atom stereocenters. The largest absolute Gasteiger partial charge is 0.352 e. The van der Waals surface area contributed by atoms with E-state index in [9.17, 15) is 14.4 Å². The van der Waals surface area contributed by atoms with Crippen molar-refractivity contribution < 1.29 is 9.32 Å². The number of amides is 1. The molecule has 0 radical (unpaired) electrons. The van der Waals surface area contributed by atoms with Gasteiger partial charge < -0.3 is 9.84 Å². The van der Waals surface area contributed by atoms with Gasteiger partial charge in [0.1, 0.15) is 0 Å². The maximum atomic E-state index is 12.9. The van der Waals surface area contributed by atoms with E-state index in [0.29, 0.717) is 10.7 Å². The lowest BCUT2D eigenvalue weighted by Gasteiger charge is -2.09. The van der Waals surface area contributed by atoms with E-state index in [1.807, 2.05) is 31.2 Å². The maximum absolute atomic E-state index is 12.9. The first-order valence-electron chi connectivity index (χ1n) is 11.1. The standard InChI is InChI=1S/C24H23ClN6O4/c1-3-15-7-5-6-8-18(15)26-19(32)13-14-20-27-22(29-35-20)21-23(33)30(4-2)24(34)31(28-21)17-11-9-16(25)10-12-17/h5-12H,3-4,13-14H2,1-2H3,(H,26,32). The fourth-order valence-corrected chi connectivity index (χ4v) is 3.65. The Morgan fingerprint density at radius 2 is 1.83 bits per heavy atom. The van der Waals surface area contributed by atoms with Crippen LogP contribution >= 0.6 is 11.6 Å². The third-order valence-electron chi connectivity index (χ3n) is 5.37. The van der Waals surface area contributed by atoms with E-state index in [1.54, 1.807) is 31.2 Å². The fourth-order valence-electron chi connectivity index (χ4n) is 3.52. The predicted octanol–water partition coefficient (Wildman–Crippen LogP) is 3.25. The van der Waals surface area contributed by atoms with Gasteiger partial charge in [-0.25, -0.2) is 4.79 Å². The van der Waals surface area contributed by atoms with Gasteiger partial charge in [-0.1, -0.05) is 41.9 Å². The van der Waals surface area contributed by atoms with Gasteiger partial charge in [-0.2, -0.15) is 14.8 Å². The molecular weight excluding hydrogens is 472 g/mol. The quantitative estimate of drug-likeness (QED) is 0.398. The molecule has 35 heavy (non-hydrogen) atoms.